The van der Waals surface area contributed by atoms with Gasteiger partial charge in [-0.3, -0.25) is 9.69 Å². The Morgan fingerprint density at radius 3 is 2.67 bits per heavy atom. The highest BCUT2D eigenvalue weighted by Crippen LogP contribution is 2.38. The van der Waals surface area contributed by atoms with Crippen molar-refractivity contribution in [3.63, 3.8) is 0 Å². The van der Waals surface area contributed by atoms with Crippen LogP contribution in [0.1, 0.15) is 21.5 Å². The van der Waals surface area contributed by atoms with Crippen molar-refractivity contribution in [3.8, 4) is 11.5 Å². The number of carboxylic acid groups (broad SMARTS) is 1. The third kappa shape index (κ3) is 3.67. The van der Waals surface area contributed by atoms with Crippen molar-refractivity contribution in [3.05, 3.63) is 58.0 Å². The third-order valence-electron chi connectivity index (χ3n) is 3.99. The standard InChI is InChI=1S/C19H15NO5S2/c1-10-3-5-12(18(23)24)9-13(10)20-17(22)16(27-19(20)26)8-11-4-6-14(21)15(7-11)25-2/h3-9,21H,1-2H3,(H,23,24). The molecule has 0 aliphatic carbocycles. The van der Waals surface area contributed by atoms with Crippen LogP contribution in [0.5, 0.6) is 11.5 Å². The van der Waals surface area contributed by atoms with Gasteiger partial charge in [0.1, 0.15) is 0 Å². The number of methoxy groups -OCH3 is 1. The summed E-state index contributed by atoms with van der Waals surface area (Å²) in [6.45, 7) is 1.79. The highest BCUT2D eigenvalue weighted by atomic mass is 32.2. The van der Waals surface area contributed by atoms with Gasteiger partial charge in [-0.2, -0.15) is 0 Å². The van der Waals surface area contributed by atoms with Crippen molar-refractivity contribution in [1.82, 2.24) is 0 Å². The predicted molar refractivity (Wildman–Crippen MR) is 108 cm³/mol. The van der Waals surface area contributed by atoms with Gasteiger partial charge in [0.15, 0.2) is 15.8 Å². The fraction of sp³-hybridized carbons (Fsp3) is 0.105. The number of carbonyl (C=O) groups is 2. The number of hydrogen-bond acceptors (Lipinski definition) is 6. The largest absolute Gasteiger partial charge is 0.504 e. The number of benzene rings is 2. The smallest absolute Gasteiger partial charge is 0.335 e. The lowest BCUT2D eigenvalue weighted by Crippen LogP contribution is -2.28. The van der Waals surface area contributed by atoms with Gasteiger partial charge in [-0.1, -0.05) is 36.1 Å². The number of phenolic OH excluding ortho intramolecular Hbond substituents is 1. The lowest BCUT2D eigenvalue weighted by atomic mass is 10.1. The van der Waals surface area contributed by atoms with Gasteiger partial charge < -0.3 is 14.9 Å². The zero-order valence-corrected chi connectivity index (χ0v) is 16.1. The zero-order valence-electron chi connectivity index (χ0n) is 14.4. The van der Waals surface area contributed by atoms with E-state index in [9.17, 15) is 19.8 Å². The van der Waals surface area contributed by atoms with Crippen molar-refractivity contribution in [2.45, 2.75) is 6.92 Å². The molecule has 8 heteroatoms. The van der Waals surface area contributed by atoms with Crippen LogP contribution in [0.2, 0.25) is 0 Å². The van der Waals surface area contributed by atoms with Gasteiger partial charge in [-0.05, 0) is 48.4 Å². The third-order valence-corrected chi connectivity index (χ3v) is 5.29. The van der Waals surface area contributed by atoms with Gasteiger partial charge in [0.05, 0.1) is 23.3 Å². The maximum absolute atomic E-state index is 12.9. The van der Waals surface area contributed by atoms with E-state index in [-0.39, 0.29) is 17.2 Å². The number of anilines is 1. The SMILES string of the molecule is COc1cc(C=C2SC(=S)N(c3cc(C(=O)O)ccc3C)C2=O)ccc1O. The molecule has 0 aromatic heterocycles. The number of thiocarbonyl (C=S) groups is 1. The maximum Gasteiger partial charge on any atom is 0.335 e. The van der Waals surface area contributed by atoms with E-state index in [0.29, 0.717) is 26.2 Å². The van der Waals surface area contributed by atoms with Gasteiger partial charge in [-0.25, -0.2) is 4.79 Å². The van der Waals surface area contributed by atoms with Crippen LogP contribution in [-0.2, 0) is 4.79 Å². The van der Waals surface area contributed by atoms with E-state index < -0.39 is 5.97 Å². The normalized spacial score (nSPS) is 15.5. The first-order valence-corrected chi connectivity index (χ1v) is 9.03. The summed E-state index contributed by atoms with van der Waals surface area (Å²) >= 11 is 6.48. The van der Waals surface area contributed by atoms with E-state index in [1.807, 2.05) is 0 Å². The second kappa shape index (κ2) is 7.42. The van der Waals surface area contributed by atoms with E-state index >= 15 is 0 Å². The van der Waals surface area contributed by atoms with E-state index in [2.05, 4.69) is 0 Å². The van der Waals surface area contributed by atoms with Crippen LogP contribution in [0.4, 0.5) is 5.69 Å². The molecule has 27 heavy (non-hydrogen) atoms. The highest BCUT2D eigenvalue weighted by Gasteiger charge is 2.34. The van der Waals surface area contributed by atoms with Gasteiger partial charge in [0, 0.05) is 0 Å². The first-order chi connectivity index (χ1) is 12.8. The molecule has 2 aromatic rings. The Morgan fingerprint density at radius 1 is 1.26 bits per heavy atom. The molecular weight excluding hydrogens is 386 g/mol. The Hall–Kier alpha value is -2.84. The van der Waals surface area contributed by atoms with Crippen LogP contribution in [0.25, 0.3) is 6.08 Å². The molecule has 1 amide bonds. The average molecular weight is 401 g/mol. The number of aromatic carboxylic acids is 1. The molecule has 0 bridgehead atoms. The molecule has 1 heterocycles. The summed E-state index contributed by atoms with van der Waals surface area (Å²) in [7, 11) is 1.44. The number of carbonyl (C=O) groups excluding carboxylic acids is 1. The number of aryl methyl sites for hydroxylation is 1. The van der Waals surface area contributed by atoms with Crippen LogP contribution in [0.15, 0.2) is 41.3 Å². The van der Waals surface area contributed by atoms with Crippen LogP contribution in [-0.4, -0.2) is 33.5 Å². The molecule has 0 spiro atoms. The minimum atomic E-state index is -1.08. The first-order valence-electron chi connectivity index (χ1n) is 7.80. The summed E-state index contributed by atoms with van der Waals surface area (Å²) in [5, 5.41) is 18.9. The van der Waals surface area contributed by atoms with E-state index in [1.165, 1.54) is 30.2 Å². The minimum Gasteiger partial charge on any atom is -0.504 e. The van der Waals surface area contributed by atoms with E-state index in [0.717, 1.165) is 17.3 Å². The number of rotatable bonds is 4. The molecule has 3 rings (SSSR count). The Bertz CT molecular complexity index is 1000. The fourth-order valence-corrected chi connectivity index (χ4v) is 3.88. The van der Waals surface area contributed by atoms with Crippen molar-refractivity contribution in [2.24, 2.45) is 0 Å². The number of carboxylic acids is 1. The molecule has 2 aromatic carbocycles. The van der Waals surface area contributed by atoms with E-state index in [1.54, 1.807) is 31.2 Å². The second-order valence-electron chi connectivity index (χ2n) is 5.75. The molecule has 6 nitrogen and oxygen atoms in total. The summed E-state index contributed by atoms with van der Waals surface area (Å²) in [6, 6.07) is 9.31. The highest BCUT2D eigenvalue weighted by molar-refractivity contribution is 8.27. The van der Waals surface area contributed by atoms with Crippen molar-refractivity contribution in [1.29, 1.82) is 0 Å². The summed E-state index contributed by atoms with van der Waals surface area (Å²) in [5.74, 6) is -1.11. The summed E-state index contributed by atoms with van der Waals surface area (Å²) in [5.41, 5.74) is 1.94. The minimum absolute atomic E-state index is 0.00306. The fourth-order valence-electron chi connectivity index (χ4n) is 2.59. The van der Waals surface area contributed by atoms with Gasteiger partial charge in [0.25, 0.3) is 5.91 Å². The molecule has 2 N–H and O–H groups in total. The van der Waals surface area contributed by atoms with Crippen molar-refractivity contribution >= 4 is 51.9 Å². The molecular formula is C19H15NO5S2. The molecule has 1 saturated heterocycles. The molecule has 1 aliphatic rings. The summed E-state index contributed by atoms with van der Waals surface area (Å²) in [4.78, 5) is 25.9. The first kappa shape index (κ1) is 18.9. The summed E-state index contributed by atoms with van der Waals surface area (Å²) < 4.78 is 5.40. The number of amides is 1. The number of nitrogens with zero attached hydrogens (tertiary/aromatic N) is 1. The lowest BCUT2D eigenvalue weighted by Gasteiger charge is -2.17. The topological polar surface area (TPSA) is 87.1 Å². The molecule has 1 fully saturated rings. The Kier molecular flexibility index (Phi) is 5.20. The Balaban J connectivity index is 1.99. The number of ether oxygens (including phenoxy) is 1. The molecule has 0 radical (unpaired) electrons. The summed E-state index contributed by atoms with van der Waals surface area (Å²) in [6.07, 6.45) is 1.65. The monoisotopic (exact) mass is 401 g/mol. The molecule has 0 unspecified atom stereocenters. The lowest BCUT2D eigenvalue weighted by molar-refractivity contribution is -0.113. The molecule has 138 valence electrons. The number of thioether (sulfide) groups is 1. The van der Waals surface area contributed by atoms with Crippen LogP contribution < -0.4 is 9.64 Å². The van der Waals surface area contributed by atoms with Crippen molar-refractivity contribution in [2.75, 3.05) is 12.0 Å². The predicted octanol–water partition coefficient (Wildman–Crippen LogP) is 3.81. The van der Waals surface area contributed by atoms with Crippen molar-refractivity contribution < 1.29 is 24.5 Å². The maximum atomic E-state index is 12.9. The van der Waals surface area contributed by atoms with Gasteiger partial charge in [0.2, 0.25) is 0 Å². The average Bonchev–Trinajstić information content (AvgIpc) is 2.90. The van der Waals surface area contributed by atoms with Crippen LogP contribution in [0.3, 0.4) is 0 Å². The van der Waals surface area contributed by atoms with E-state index in [4.69, 9.17) is 17.0 Å². The number of hydrogen-bond donors (Lipinski definition) is 2. The van der Waals surface area contributed by atoms with Crippen LogP contribution >= 0.6 is 24.0 Å². The molecule has 1 aliphatic heterocycles. The molecule has 0 saturated carbocycles. The quantitative estimate of drug-likeness (QED) is 0.595. The Morgan fingerprint density at radius 2 is 2.00 bits per heavy atom. The number of phenols is 1. The van der Waals surface area contributed by atoms with Crippen LogP contribution in [0, 0.1) is 6.92 Å². The van der Waals surface area contributed by atoms with Gasteiger partial charge >= 0.3 is 5.97 Å². The second-order valence-corrected chi connectivity index (χ2v) is 7.43. The molecule has 0 atom stereocenters. The van der Waals surface area contributed by atoms with Gasteiger partial charge in [-0.15, -0.1) is 0 Å². The zero-order chi connectivity index (χ0) is 19.7. The number of aromatic hydroxyl groups is 1. The Labute approximate surface area is 165 Å².